The van der Waals surface area contributed by atoms with Gasteiger partial charge in [-0.25, -0.2) is 4.98 Å². The zero-order chi connectivity index (χ0) is 17.0. The van der Waals surface area contributed by atoms with Crippen molar-refractivity contribution in [1.82, 2.24) is 4.98 Å². The number of thioether (sulfide) groups is 1. The van der Waals surface area contributed by atoms with Crippen LogP contribution >= 0.6 is 11.8 Å². The standard InChI is InChI=1S/C19H24N2O2S/c1-19(2)11-16-9-14(3-4-17(16)23-19)12-21-18-10-15(5-6-20-18)13-24-8-7-22/h3-6,9-10,22H,7-8,11-13H2,1-2H3,(H,20,21). The molecule has 128 valence electrons. The Bertz CT molecular complexity index is 704. The molecule has 0 unspecified atom stereocenters. The van der Waals surface area contributed by atoms with E-state index < -0.39 is 0 Å². The van der Waals surface area contributed by atoms with Crippen molar-refractivity contribution in [2.45, 2.75) is 38.2 Å². The predicted octanol–water partition coefficient (Wildman–Crippen LogP) is 3.63. The Balaban J connectivity index is 1.59. The van der Waals surface area contributed by atoms with Gasteiger partial charge >= 0.3 is 0 Å². The van der Waals surface area contributed by atoms with Gasteiger partial charge in [0.05, 0.1) is 6.61 Å². The zero-order valence-electron chi connectivity index (χ0n) is 14.2. The molecule has 1 aliphatic heterocycles. The molecule has 0 aliphatic carbocycles. The Hall–Kier alpha value is -1.72. The van der Waals surface area contributed by atoms with Crippen molar-refractivity contribution in [2.24, 2.45) is 0 Å². The summed E-state index contributed by atoms with van der Waals surface area (Å²) >= 11 is 1.72. The number of ether oxygens (including phenoxy) is 1. The first-order valence-electron chi connectivity index (χ1n) is 8.24. The van der Waals surface area contributed by atoms with Gasteiger partial charge in [0.2, 0.25) is 0 Å². The Morgan fingerprint density at radius 1 is 1.25 bits per heavy atom. The Morgan fingerprint density at radius 3 is 2.96 bits per heavy atom. The third kappa shape index (κ3) is 4.42. The SMILES string of the molecule is CC1(C)Cc2cc(CNc3cc(CSCCO)ccn3)ccc2O1. The first kappa shape index (κ1) is 17.1. The van der Waals surface area contributed by atoms with Crippen LogP contribution in [-0.4, -0.2) is 28.1 Å². The number of rotatable bonds is 7. The van der Waals surface area contributed by atoms with E-state index in [-0.39, 0.29) is 12.2 Å². The highest BCUT2D eigenvalue weighted by Crippen LogP contribution is 2.35. The van der Waals surface area contributed by atoms with Crippen molar-refractivity contribution >= 4 is 17.6 Å². The van der Waals surface area contributed by atoms with Gasteiger partial charge in [0, 0.05) is 30.7 Å². The maximum absolute atomic E-state index is 8.85. The van der Waals surface area contributed by atoms with Crippen LogP contribution in [0.1, 0.15) is 30.5 Å². The monoisotopic (exact) mass is 344 g/mol. The number of fused-ring (bicyclic) bond motifs is 1. The van der Waals surface area contributed by atoms with Gasteiger partial charge in [0.25, 0.3) is 0 Å². The van der Waals surface area contributed by atoms with E-state index in [9.17, 15) is 0 Å². The van der Waals surface area contributed by atoms with E-state index in [2.05, 4.69) is 48.4 Å². The van der Waals surface area contributed by atoms with Crippen LogP contribution in [0.4, 0.5) is 5.82 Å². The second kappa shape index (κ2) is 7.45. The molecule has 2 N–H and O–H groups in total. The number of aliphatic hydroxyl groups is 1. The van der Waals surface area contributed by atoms with Crippen molar-refractivity contribution in [3.63, 3.8) is 0 Å². The fourth-order valence-electron chi connectivity index (χ4n) is 2.88. The minimum absolute atomic E-state index is 0.101. The smallest absolute Gasteiger partial charge is 0.126 e. The van der Waals surface area contributed by atoms with Crippen LogP contribution in [0.2, 0.25) is 0 Å². The highest BCUT2D eigenvalue weighted by atomic mass is 32.2. The lowest BCUT2D eigenvalue weighted by atomic mass is 10.0. The molecule has 1 aliphatic rings. The molecular formula is C19H24N2O2S. The van der Waals surface area contributed by atoms with Gasteiger partial charge in [0.1, 0.15) is 17.2 Å². The summed E-state index contributed by atoms with van der Waals surface area (Å²) in [4.78, 5) is 4.38. The van der Waals surface area contributed by atoms with Crippen LogP contribution in [0, 0.1) is 0 Å². The van der Waals surface area contributed by atoms with Crippen molar-refractivity contribution in [3.8, 4) is 5.75 Å². The van der Waals surface area contributed by atoms with Crippen LogP contribution in [0.5, 0.6) is 5.75 Å². The van der Waals surface area contributed by atoms with Crippen molar-refractivity contribution in [1.29, 1.82) is 0 Å². The molecule has 0 bridgehead atoms. The summed E-state index contributed by atoms with van der Waals surface area (Å²) in [6.07, 6.45) is 2.78. The average molecular weight is 344 g/mol. The third-order valence-electron chi connectivity index (χ3n) is 3.93. The van der Waals surface area contributed by atoms with E-state index in [1.54, 1.807) is 11.8 Å². The third-order valence-corrected chi connectivity index (χ3v) is 4.94. The molecule has 2 aromatic rings. The number of nitrogens with zero attached hydrogens (tertiary/aromatic N) is 1. The van der Waals surface area contributed by atoms with Gasteiger partial charge in [-0.3, -0.25) is 0 Å². The quantitative estimate of drug-likeness (QED) is 0.751. The van der Waals surface area contributed by atoms with E-state index in [0.717, 1.165) is 36.0 Å². The lowest BCUT2D eigenvalue weighted by molar-refractivity contribution is 0.138. The van der Waals surface area contributed by atoms with Gasteiger partial charge in [0.15, 0.2) is 0 Å². The molecule has 0 radical (unpaired) electrons. The normalized spacial score (nSPS) is 15.0. The number of pyridine rings is 1. The number of anilines is 1. The molecule has 0 spiro atoms. The fraction of sp³-hybridized carbons (Fsp3) is 0.421. The zero-order valence-corrected chi connectivity index (χ0v) is 15.0. The van der Waals surface area contributed by atoms with Crippen LogP contribution in [0.3, 0.4) is 0 Å². The average Bonchev–Trinajstić information content (AvgIpc) is 2.86. The summed E-state index contributed by atoms with van der Waals surface area (Å²) in [6, 6.07) is 10.5. The molecule has 0 saturated carbocycles. The molecule has 0 atom stereocenters. The molecule has 24 heavy (non-hydrogen) atoms. The molecule has 5 heteroatoms. The summed E-state index contributed by atoms with van der Waals surface area (Å²) in [5, 5.41) is 12.2. The molecular weight excluding hydrogens is 320 g/mol. The Labute approximate surface area is 147 Å². The first-order valence-corrected chi connectivity index (χ1v) is 9.39. The van der Waals surface area contributed by atoms with Gasteiger partial charge in [-0.2, -0.15) is 11.8 Å². The predicted molar refractivity (Wildman–Crippen MR) is 99.7 cm³/mol. The van der Waals surface area contributed by atoms with E-state index in [1.807, 2.05) is 12.3 Å². The summed E-state index contributed by atoms with van der Waals surface area (Å²) in [5.74, 6) is 3.54. The second-order valence-electron chi connectivity index (χ2n) is 6.66. The van der Waals surface area contributed by atoms with Crippen LogP contribution in [-0.2, 0) is 18.7 Å². The van der Waals surface area contributed by atoms with Gasteiger partial charge in [-0.1, -0.05) is 12.1 Å². The molecule has 2 heterocycles. The van der Waals surface area contributed by atoms with Crippen LogP contribution in [0.15, 0.2) is 36.5 Å². The van der Waals surface area contributed by atoms with Crippen molar-refractivity contribution in [3.05, 3.63) is 53.2 Å². The van der Waals surface area contributed by atoms with E-state index >= 15 is 0 Å². The number of aliphatic hydroxyl groups excluding tert-OH is 1. The highest BCUT2D eigenvalue weighted by molar-refractivity contribution is 7.98. The topological polar surface area (TPSA) is 54.4 Å². The summed E-state index contributed by atoms with van der Waals surface area (Å²) in [5.41, 5.74) is 3.63. The van der Waals surface area contributed by atoms with Crippen molar-refractivity contribution in [2.75, 3.05) is 17.7 Å². The minimum atomic E-state index is -0.101. The molecule has 4 nitrogen and oxygen atoms in total. The highest BCUT2D eigenvalue weighted by Gasteiger charge is 2.29. The van der Waals surface area contributed by atoms with Crippen molar-refractivity contribution < 1.29 is 9.84 Å². The maximum Gasteiger partial charge on any atom is 0.126 e. The lowest BCUT2D eigenvalue weighted by Gasteiger charge is -2.16. The minimum Gasteiger partial charge on any atom is -0.487 e. The molecule has 3 rings (SSSR count). The molecule has 0 fully saturated rings. The number of nitrogens with one attached hydrogen (secondary N) is 1. The van der Waals surface area contributed by atoms with Gasteiger partial charge in [-0.05, 0) is 48.7 Å². The fourth-order valence-corrected chi connectivity index (χ4v) is 3.57. The summed E-state index contributed by atoms with van der Waals surface area (Å²) in [6.45, 7) is 5.21. The van der Waals surface area contributed by atoms with Gasteiger partial charge in [-0.15, -0.1) is 0 Å². The van der Waals surface area contributed by atoms with Crippen LogP contribution < -0.4 is 10.1 Å². The molecule has 0 saturated heterocycles. The molecule has 0 amide bonds. The number of hydrogen-bond acceptors (Lipinski definition) is 5. The number of aromatic nitrogens is 1. The van der Waals surface area contributed by atoms with Gasteiger partial charge < -0.3 is 15.2 Å². The van der Waals surface area contributed by atoms with Crippen LogP contribution in [0.25, 0.3) is 0 Å². The number of benzene rings is 1. The summed E-state index contributed by atoms with van der Waals surface area (Å²) in [7, 11) is 0. The summed E-state index contributed by atoms with van der Waals surface area (Å²) < 4.78 is 5.92. The Kier molecular flexibility index (Phi) is 5.31. The first-order chi connectivity index (χ1) is 11.6. The maximum atomic E-state index is 8.85. The largest absolute Gasteiger partial charge is 0.487 e. The molecule has 1 aromatic heterocycles. The van der Waals surface area contributed by atoms with E-state index in [1.165, 1.54) is 16.7 Å². The number of hydrogen-bond donors (Lipinski definition) is 2. The van der Waals surface area contributed by atoms with E-state index in [0.29, 0.717) is 0 Å². The Morgan fingerprint density at radius 2 is 2.12 bits per heavy atom. The van der Waals surface area contributed by atoms with E-state index in [4.69, 9.17) is 9.84 Å². The lowest BCUT2D eigenvalue weighted by Crippen LogP contribution is -2.24. The molecule has 1 aromatic carbocycles. The second-order valence-corrected chi connectivity index (χ2v) is 7.76.